The van der Waals surface area contributed by atoms with E-state index in [1.807, 2.05) is 48.5 Å². The number of nitrogens with zero attached hydrogens (tertiary/aromatic N) is 6. The van der Waals surface area contributed by atoms with Crippen molar-refractivity contribution in [3.8, 4) is 5.75 Å². The molecule has 3 heterocycles. The Morgan fingerprint density at radius 3 is 2.23 bits per heavy atom. The van der Waals surface area contributed by atoms with Crippen molar-refractivity contribution < 1.29 is 9.47 Å². The van der Waals surface area contributed by atoms with Gasteiger partial charge in [0, 0.05) is 31.2 Å². The number of aromatic nitrogens is 3. The number of nitrogens with one attached hydrogen (secondary N) is 1. The predicted octanol–water partition coefficient (Wildman–Crippen LogP) is 3.99. The summed E-state index contributed by atoms with van der Waals surface area (Å²) in [5.74, 6) is 2.57. The van der Waals surface area contributed by atoms with Crippen LogP contribution < -0.4 is 20.0 Å². The maximum atomic E-state index is 5.93. The zero-order chi connectivity index (χ0) is 23.9. The van der Waals surface area contributed by atoms with Crippen LogP contribution in [0.4, 0.5) is 17.8 Å². The Morgan fingerprint density at radius 1 is 0.886 bits per heavy atom. The van der Waals surface area contributed by atoms with Crippen molar-refractivity contribution in [2.75, 3.05) is 54.6 Å². The fraction of sp³-hybridized carbons (Fsp3) is 0.360. The number of hydrogen-bond acceptors (Lipinski definition) is 9. The standard InChI is InChI=1S/C25H28ClN7O2/c26-21-7-3-20(4-8-21)18-35-22-9-5-19(6-10-22)17-27-31-23-28-24(32-11-1-2-12-32)30-25(29-23)33-13-15-34-16-14-33/h3-10,17H,1-2,11-16,18H2,(H,28,29,30,31)/b27-17+. The summed E-state index contributed by atoms with van der Waals surface area (Å²) in [6.45, 7) is 5.27. The normalized spacial score (nSPS) is 16.1. The van der Waals surface area contributed by atoms with E-state index >= 15 is 0 Å². The molecule has 5 rings (SSSR count). The second-order valence-corrected chi connectivity index (χ2v) is 8.84. The van der Waals surface area contributed by atoms with E-state index in [0.29, 0.717) is 42.7 Å². The van der Waals surface area contributed by atoms with Crippen molar-refractivity contribution in [2.45, 2.75) is 19.4 Å². The van der Waals surface area contributed by atoms with E-state index in [1.54, 1.807) is 6.21 Å². The van der Waals surface area contributed by atoms with E-state index in [2.05, 4.69) is 30.3 Å². The molecule has 10 heteroatoms. The summed E-state index contributed by atoms with van der Waals surface area (Å²) in [5.41, 5.74) is 4.97. The van der Waals surface area contributed by atoms with Gasteiger partial charge < -0.3 is 19.3 Å². The molecule has 2 aromatic carbocycles. The second kappa shape index (κ2) is 11.3. The molecule has 2 aliphatic heterocycles. The van der Waals surface area contributed by atoms with Crippen LogP contribution in [-0.4, -0.2) is 60.6 Å². The molecule has 0 spiro atoms. The van der Waals surface area contributed by atoms with Gasteiger partial charge in [0.05, 0.1) is 19.4 Å². The van der Waals surface area contributed by atoms with Crippen molar-refractivity contribution in [1.29, 1.82) is 0 Å². The average Bonchev–Trinajstić information content (AvgIpc) is 3.45. The highest BCUT2D eigenvalue weighted by Crippen LogP contribution is 2.21. The lowest BCUT2D eigenvalue weighted by molar-refractivity contribution is 0.122. The lowest BCUT2D eigenvalue weighted by Crippen LogP contribution is -2.38. The van der Waals surface area contributed by atoms with E-state index in [9.17, 15) is 0 Å². The van der Waals surface area contributed by atoms with Crippen LogP contribution in [0, 0.1) is 0 Å². The first-order chi connectivity index (χ1) is 17.2. The zero-order valence-electron chi connectivity index (χ0n) is 19.4. The predicted molar refractivity (Wildman–Crippen MR) is 138 cm³/mol. The van der Waals surface area contributed by atoms with Gasteiger partial charge in [0.1, 0.15) is 12.4 Å². The minimum atomic E-state index is 0.433. The van der Waals surface area contributed by atoms with Crippen LogP contribution in [0.15, 0.2) is 53.6 Å². The molecule has 0 unspecified atom stereocenters. The molecular formula is C25H28ClN7O2. The van der Waals surface area contributed by atoms with Crippen LogP contribution in [0.2, 0.25) is 5.02 Å². The lowest BCUT2D eigenvalue weighted by Gasteiger charge is -2.27. The van der Waals surface area contributed by atoms with Gasteiger partial charge in [-0.15, -0.1) is 0 Å². The van der Waals surface area contributed by atoms with Crippen LogP contribution in [0.3, 0.4) is 0 Å². The van der Waals surface area contributed by atoms with Crippen molar-refractivity contribution >= 4 is 35.7 Å². The molecule has 0 amide bonds. The third kappa shape index (κ3) is 6.37. The molecule has 35 heavy (non-hydrogen) atoms. The molecule has 2 aliphatic rings. The number of hydrogen-bond donors (Lipinski definition) is 1. The summed E-state index contributed by atoms with van der Waals surface area (Å²) in [6, 6.07) is 15.4. The van der Waals surface area contributed by atoms with Gasteiger partial charge in [-0.05, 0) is 60.4 Å². The van der Waals surface area contributed by atoms with Crippen molar-refractivity contribution in [2.24, 2.45) is 5.10 Å². The van der Waals surface area contributed by atoms with Crippen LogP contribution in [-0.2, 0) is 11.3 Å². The van der Waals surface area contributed by atoms with E-state index in [-0.39, 0.29) is 0 Å². The number of ether oxygens (including phenoxy) is 2. The van der Waals surface area contributed by atoms with Gasteiger partial charge in [0.15, 0.2) is 0 Å². The van der Waals surface area contributed by atoms with E-state index in [1.165, 1.54) is 0 Å². The van der Waals surface area contributed by atoms with Gasteiger partial charge in [-0.2, -0.15) is 20.1 Å². The summed E-state index contributed by atoms with van der Waals surface area (Å²) in [5, 5.41) is 5.07. The van der Waals surface area contributed by atoms with Gasteiger partial charge in [0.25, 0.3) is 0 Å². The Morgan fingerprint density at radius 2 is 1.54 bits per heavy atom. The van der Waals surface area contributed by atoms with Gasteiger partial charge >= 0.3 is 0 Å². The topological polar surface area (TPSA) is 88.0 Å². The SMILES string of the molecule is Clc1ccc(COc2ccc(/C=N/Nc3nc(N4CCCC4)nc(N4CCOCC4)n3)cc2)cc1. The zero-order valence-corrected chi connectivity index (χ0v) is 20.2. The van der Waals surface area contributed by atoms with Crippen LogP contribution in [0.25, 0.3) is 0 Å². The van der Waals surface area contributed by atoms with E-state index in [0.717, 1.165) is 55.9 Å². The highest BCUT2D eigenvalue weighted by Gasteiger charge is 2.21. The minimum Gasteiger partial charge on any atom is -0.489 e. The van der Waals surface area contributed by atoms with Crippen LogP contribution in [0.5, 0.6) is 5.75 Å². The smallest absolute Gasteiger partial charge is 0.250 e. The van der Waals surface area contributed by atoms with E-state index in [4.69, 9.17) is 26.1 Å². The van der Waals surface area contributed by atoms with Crippen molar-refractivity contribution in [1.82, 2.24) is 15.0 Å². The third-order valence-corrected chi connectivity index (χ3v) is 6.12. The summed E-state index contributed by atoms with van der Waals surface area (Å²) in [6.07, 6.45) is 4.04. The molecule has 1 N–H and O–H groups in total. The molecule has 0 bridgehead atoms. The molecule has 2 saturated heterocycles. The summed E-state index contributed by atoms with van der Waals surface area (Å²) in [4.78, 5) is 18.3. The second-order valence-electron chi connectivity index (χ2n) is 8.41. The molecule has 9 nitrogen and oxygen atoms in total. The van der Waals surface area contributed by atoms with Gasteiger partial charge in [-0.25, -0.2) is 5.43 Å². The Kier molecular flexibility index (Phi) is 7.55. The maximum absolute atomic E-state index is 5.93. The Bertz CT molecular complexity index is 1130. The highest BCUT2D eigenvalue weighted by atomic mass is 35.5. The van der Waals surface area contributed by atoms with Crippen molar-refractivity contribution in [3.63, 3.8) is 0 Å². The Balaban J connectivity index is 1.22. The first-order valence-corrected chi connectivity index (χ1v) is 12.2. The quantitative estimate of drug-likeness (QED) is 0.372. The Hall–Kier alpha value is -3.43. The average molecular weight is 494 g/mol. The largest absolute Gasteiger partial charge is 0.489 e. The fourth-order valence-corrected chi connectivity index (χ4v) is 4.06. The molecule has 3 aromatic rings. The summed E-state index contributed by atoms with van der Waals surface area (Å²) in [7, 11) is 0. The number of hydrazone groups is 1. The first-order valence-electron chi connectivity index (χ1n) is 11.8. The Labute approximate surface area is 209 Å². The van der Waals surface area contributed by atoms with Crippen molar-refractivity contribution in [3.05, 3.63) is 64.7 Å². The van der Waals surface area contributed by atoms with E-state index < -0.39 is 0 Å². The molecule has 0 radical (unpaired) electrons. The van der Waals surface area contributed by atoms with Gasteiger partial charge in [-0.1, -0.05) is 23.7 Å². The number of rotatable bonds is 8. The fourth-order valence-electron chi connectivity index (χ4n) is 3.93. The number of halogens is 1. The highest BCUT2D eigenvalue weighted by molar-refractivity contribution is 6.30. The lowest BCUT2D eigenvalue weighted by atomic mass is 10.2. The van der Waals surface area contributed by atoms with Gasteiger partial charge in [-0.3, -0.25) is 0 Å². The molecule has 0 saturated carbocycles. The molecule has 2 fully saturated rings. The maximum Gasteiger partial charge on any atom is 0.250 e. The number of anilines is 3. The number of benzene rings is 2. The first kappa shape index (κ1) is 23.3. The molecule has 0 atom stereocenters. The third-order valence-electron chi connectivity index (χ3n) is 5.87. The van der Waals surface area contributed by atoms with Crippen LogP contribution >= 0.6 is 11.6 Å². The molecular weight excluding hydrogens is 466 g/mol. The monoisotopic (exact) mass is 493 g/mol. The minimum absolute atomic E-state index is 0.433. The summed E-state index contributed by atoms with van der Waals surface area (Å²) < 4.78 is 11.3. The van der Waals surface area contributed by atoms with Gasteiger partial charge in [0.2, 0.25) is 17.8 Å². The molecule has 0 aliphatic carbocycles. The molecule has 182 valence electrons. The molecule has 1 aromatic heterocycles. The van der Waals surface area contributed by atoms with Crippen LogP contribution in [0.1, 0.15) is 24.0 Å². The number of morpholine rings is 1. The summed E-state index contributed by atoms with van der Waals surface area (Å²) >= 11 is 5.93.